The number of nitrogens with zero attached hydrogens (tertiary/aromatic N) is 3. The van der Waals surface area contributed by atoms with Crippen LogP contribution in [-0.4, -0.2) is 49.1 Å². The highest BCUT2D eigenvalue weighted by atomic mass is 35.5. The highest BCUT2D eigenvalue weighted by Crippen LogP contribution is 2.28. The predicted molar refractivity (Wildman–Crippen MR) is 100.0 cm³/mol. The smallest absolute Gasteiger partial charge is 0.254 e. The van der Waals surface area contributed by atoms with Gasteiger partial charge in [0.05, 0.1) is 22.2 Å². The number of aromatic nitrogens is 1. The average Bonchev–Trinajstić information content (AvgIpc) is 3.06. The van der Waals surface area contributed by atoms with Gasteiger partial charge in [0.25, 0.3) is 5.91 Å². The van der Waals surface area contributed by atoms with E-state index in [0.717, 1.165) is 25.3 Å². The number of pyridine rings is 1. The van der Waals surface area contributed by atoms with Crippen LogP contribution in [0, 0.1) is 0 Å². The van der Waals surface area contributed by atoms with Crippen LogP contribution in [0.15, 0.2) is 36.5 Å². The molecular formula is C18H19Cl2N3O2. The van der Waals surface area contributed by atoms with Crippen molar-refractivity contribution in [2.24, 2.45) is 0 Å². The summed E-state index contributed by atoms with van der Waals surface area (Å²) in [4.78, 5) is 20.0. The molecule has 0 N–H and O–H groups in total. The number of hydrogen-bond acceptors (Lipinski definition) is 4. The fourth-order valence-electron chi connectivity index (χ4n) is 2.73. The van der Waals surface area contributed by atoms with Gasteiger partial charge in [0.1, 0.15) is 17.7 Å². The van der Waals surface area contributed by atoms with Gasteiger partial charge in [0.2, 0.25) is 0 Å². The highest BCUT2D eigenvalue weighted by molar-refractivity contribution is 6.42. The zero-order chi connectivity index (χ0) is 18.0. The summed E-state index contributed by atoms with van der Waals surface area (Å²) in [5, 5.41) is 0.996. The molecule has 5 nitrogen and oxygen atoms in total. The average molecular weight is 380 g/mol. The second kappa shape index (κ2) is 7.50. The topological polar surface area (TPSA) is 45.7 Å². The van der Waals surface area contributed by atoms with Gasteiger partial charge in [-0.25, -0.2) is 4.98 Å². The third-order valence-electron chi connectivity index (χ3n) is 4.06. The fraction of sp³-hybridized carbons (Fsp3) is 0.333. The van der Waals surface area contributed by atoms with E-state index < -0.39 is 0 Å². The van der Waals surface area contributed by atoms with Crippen LogP contribution in [0.4, 0.5) is 5.82 Å². The first kappa shape index (κ1) is 17.8. The monoisotopic (exact) mass is 379 g/mol. The molecule has 0 saturated carbocycles. The maximum Gasteiger partial charge on any atom is 0.254 e. The molecule has 25 heavy (non-hydrogen) atoms. The van der Waals surface area contributed by atoms with E-state index in [0.29, 0.717) is 21.4 Å². The lowest BCUT2D eigenvalue weighted by Crippen LogP contribution is -2.26. The fourth-order valence-corrected chi connectivity index (χ4v) is 3.02. The van der Waals surface area contributed by atoms with E-state index in [9.17, 15) is 4.79 Å². The molecule has 0 bridgehead atoms. The Labute approximate surface area is 157 Å². The lowest BCUT2D eigenvalue weighted by molar-refractivity contribution is 0.0827. The third kappa shape index (κ3) is 4.17. The van der Waals surface area contributed by atoms with Crippen molar-refractivity contribution >= 4 is 34.9 Å². The summed E-state index contributed by atoms with van der Waals surface area (Å²) in [5.41, 5.74) is 0.580. The number of halogens is 2. The Morgan fingerprint density at radius 1 is 1.24 bits per heavy atom. The van der Waals surface area contributed by atoms with Crippen LogP contribution >= 0.6 is 23.2 Å². The van der Waals surface area contributed by atoms with Crippen molar-refractivity contribution in [3.05, 3.63) is 52.1 Å². The Morgan fingerprint density at radius 3 is 2.68 bits per heavy atom. The van der Waals surface area contributed by atoms with Gasteiger partial charge in [-0.1, -0.05) is 23.2 Å². The number of benzene rings is 1. The summed E-state index contributed by atoms with van der Waals surface area (Å²) in [5.74, 6) is 1.50. The number of carbonyl (C=O) groups is 1. The minimum absolute atomic E-state index is 0.0544. The molecule has 1 unspecified atom stereocenters. The number of anilines is 1. The molecule has 2 heterocycles. The minimum Gasteiger partial charge on any atom is -0.488 e. The molecule has 0 spiro atoms. The van der Waals surface area contributed by atoms with E-state index in [2.05, 4.69) is 9.88 Å². The van der Waals surface area contributed by atoms with Crippen molar-refractivity contribution in [3.63, 3.8) is 0 Å². The van der Waals surface area contributed by atoms with E-state index in [-0.39, 0.29) is 12.0 Å². The lowest BCUT2D eigenvalue weighted by Gasteiger charge is -2.18. The minimum atomic E-state index is -0.0544. The first-order valence-electron chi connectivity index (χ1n) is 7.98. The summed E-state index contributed by atoms with van der Waals surface area (Å²) >= 11 is 11.9. The van der Waals surface area contributed by atoms with Crippen molar-refractivity contribution in [2.45, 2.75) is 12.5 Å². The molecule has 1 saturated heterocycles. The van der Waals surface area contributed by atoms with Gasteiger partial charge in [-0.05, 0) is 24.3 Å². The molecule has 3 rings (SSSR count). The Morgan fingerprint density at radius 2 is 2.04 bits per heavy atom. The summed E-state index contributed by atoms with van der Waals surface area (Å²) in [6.45, 7) is 1.58. The molecule has 1 aliphatic rings. The van der Waals surface area contributed by atoms with Crippen LogP contribution in [-0.2, 0) is 0 Å². The van der Waals surface area contributed by atoms with Gasteiger partial charge >= 0.3 is 0 Å². The zero-order valence-electron chi connectivity index (χ0n) is 14.1. The molecule has 7 heteroatoms. The van der Waals surface area contributed by atoms with Crippen LogP contribution in [0.2, 0.25) is 10.0 Å². The molecular weight excluding hydrogens is 361 g/mol. The molecule has 132 valence electrons. The van der Waals surface area contributed by atoms with Crippen molar-refractivity contribution in [2.75, 3.05) is 32.1 Å². The summed E-state index contributed by atoms with van der Waals surface area (Å²) < 4.78 is 5.98. The molecule has 1 atom stereocenters. The van der Waals surface area contributed by atoms with Crippen molar-refractivity contribution < 1.29 is 9.53 Å². The van der Waals surface area contributed by atoms with Gasteiger partial charge in [0, 0.05) is 39.3 Å². The second-order valence-electron chi connectivity index (χ2n) is 6.16. The van der Waals surface area contributed by atoms with E-state index in [1.807, 2.05) is 12.1 Å². The number of hydrogen-bond donors (Lipinski definition) is 0. The number of amides is 1. The second-order valence-corrected chi connectivity index (χ2v) is 6.97. The molecule has 0 radical (unpaired) electrons. The van der Waals surface area contributed by atoms with Crippen molar-refractivity contribution in [3.8, 4) is 5.75 Å². The van der Waals surface area contributed by atoms with Crippen molar-refractivity contribution in [1.29, 1.82) is 0 Å². The maximum atomic E-state index is 11.9. The van der Waals surface area contributed by atoms with Crippen LogP contribution in [0.25, 0.3) is 0 Å². The van der Waals surface area contributed by atoms with Gasteiger partial charge in [-0.3, -0.25) is 4.79 Å². The Balaban J connectivity index is 1.62. The first-order valence-corrected chi connectivity index (χ1v) is 8.74. The standard InChI is InChI=1S/C18H19Cl2N3O2/c1-22(2)18(24)12-3-6-17(21-10-12)23-8-7-14(11-23)25-13-4-5-15(19)16(20)9-13/h3-6,9-10,14H,7-8,11H2,1-2H3. The summed E-state index contributed by atoms with van der Waals surface area (Å²) in [6.07, 6.45) is 2.56. The molecule has 1 amide bonds. The Kier molecular flexibility index (Phi) is 5.35. The van der Waals surface area contributed by atoms with Crippen LogP contribution < -0.4 is 9.64 Å². The van der Waals surface area contributed by atoms with E-state index in [1.165, 1.54) is 4.90 Å². The number of ether oxygens (including phenoxy) is 1. The number of carbonyl (C=O) groups excluding carboxylic acids is 1. The SMILES string of the molecule is CN(C)C(=O)c1ccc(N2CCC(Oc3ccc(Cl)c(Cl)c3)C2)nc1. The predicted octanol–water partition coefficient (Wildman–Crippen LogP) is 3.75. The van der Waals surface area contributed by atoms with Crippen molar-refractivity contribution in [1.82, 2.24) is 9.88 Å². The summed E-state index contributed by atoms with van der Waals surface area (Å²) in [6, 6.07) is 8.95. The van der Waals surface area contributed by atoms with E-state index in [4.69, 9.17) is 27.9 Å². The third-order valence-corrected chi connectivity index (χ3v) is 4.80. The Bertz CT molecular complexity index is 765. The van der Waals surface area contributed by atoms with Crippen LogP contribution in [0.1, 0.15) is 16.8 Å². The molecule has 2 aromatic rings. The molecule has 1 aliphatic heterocycles. The highest BCUT2D eigenvalue weighted by Gasteiger charge is 2.25. The lowest BCUT2D eigenvalue weighted by atomic mass is 10.2. The normalized spacial score (nSPS) is 16.8. The number of rotatable bonds is 4. The van der Waals surface area contributed by atoms with Gasteiger partial charge in [0.15, 0.2) is 0 Å². The molecule has 1 fully saturated rings. The van der Waals surface area contributed by atoms with Crippen LogP contribution in [0.5, 0.6) is 5.75 Å². The molecule has 0 aliphatic carbocycles. The van der Waals surface area contributed by atoms with E-state index >= 15 is 0 Å². The molecule has 1 aromatic heterocycles. The first-order chi connectivity index (χ1) is 11.9. The quantitative estimate of drug-likeness (QED) is 0.811. The van der Waals surface area contributed by atoms with Gasteiger partial charge < -0.3 is 14.5 Å². The van der Waals surface area contributed by atoms with Gasteiger partial charge in [-0.15, -0.1) is 0 Å². The van der Waals surface area contributed by atoms with Crippen LogP contribution in [0.3, 0.4) is 0 Å². The maximum absolute atomic E-state index is 11.9. The summed E-state index contributed by atoms with van der Waals surface area (Å²) in [7, 11) is 3.45. The zero-order valence-corrected chi connectivity index (χ0v) is 15.6. The largest absolute Gasteiger partial charge is 0.488 e. The Hall–Kier alpha value is -1.98. The van der Waals surface area contributed by atoms with Gasteiger partial charge in [-0.2, -0.15) is 0 Å². The van der Waals surface area contributed by atoms with E-state index in [1.54, 1.807) is 38.5 Å². The molecule has 1 aromatic carbocycles.